The molecule has 0 aliphatic heterocycles. The van der Waals surface area contributed by atoms with Gasteiger partial charge in [-0.25, -0.2) is 0 Å². The summed E-state index contributed by atoms with van der Waals surface area (Å²) >= 11 is 0. The van der Waals surface area contributed by atoms with E-state index in [9.17, 15) is 14.2 Å². The number of carboxylic acids is 2. The molecule has 0 aromatic rings. The van der Waals surface area contributed by atoms with Crippen LogP contribution in [0.5, 0.6) is 0 Å². The number of nitrogens with one attached hydrogen (secondary N) is 1. The van der Waals surface area contributed by atoms with Crippen LogP contribution in [0.15, 0.2) is 0 Å². The minimum Gasteiger partial charge on any atom is -0.481 e. The quantitative estimate of drug-likeness (QED) is 0.437. The maximum atomic E-state index is 10.2. The van der Waals surface area contributed by atoms with Crippen LogP contribution in [0.2, 0.25) is 0 Å². The molecule has 0 aliphatic rings. The number of carboxylic acid groups (broad SMARTS) is 2. The molecule has 0 amide bonds. The van der Waals surface area contributed by atoms with Gasteiger partial charge in [0, 0.05) is 0 Å². The van der Waals surface area contributed by atoms with Gasteiger partial charge in [-0.2, -0.15) is 0 Å². The zero-order chi connectivity index (χ0) is 10.4. The summed E-state index contributed by atoms with van der Waals surface area (Å²) < 4.78 is 10.2. The molecule has 8 heteroatoms. The Labute approximate surface area is 74.3 Å². The van der Waals surface area contributed by atoms with Crippen molar-refractivity contribution in [3.05, 3.63) is 0 Å². The normalized spacial score (nSPS) is 11.4. The standard InChI is InChI=1S/C5H8NO6P/c7-4(8)1-3(2-5(9)10)6-13(11)12/h3H,1-2H2,(H3-,6,7,8,9,10,11,12)/p+1. The zero-order valence-electron chi connectivity index (χ0n) is 6.51. The van der Waals surface area contributed by atoms with E-state index in [1.807, 2.05) is 5.09 Å². The Kier molecular flexibility index (Phi) is 5.13. The van der Waals surface area contributed by atoms with E-state index in [4.69, 9.17) is 15.1 Å². The average Bonchev–Trinajstić information content (AvgIpc) is 1.80. The highest BCUT2D eigenvalue weighted by molar-refractivity contribution is 7.35. The van der Waals surface area contributed by atoms with Crippen molar-refractivity contribution in [1.29, 1.82) is 0 Å². The Morgan fingerprint density at radius 1 is 1.23 bits per heavy atom. The molecule has 0 saturated heterocycles. The monoisotopic (exact) mass is 210 g/mol. The van der Waals surface area contributed by atoms with Gasteiger partial charge < -0.3 is 10.2 Å². The third-order valence-corrected chi connectivity index (χ3v) is 1.72. The summed E-state index contributed by atoms with van der Waals surface area (Å²) in [7, 11) is -2.73. The summed E-state index contributed by atoms with van der Waals surface area (Å²) in [5.41, 5.74) is 0. The molecular weight excluding hydrogens is 201 g/mol. The topological polar surface area (TPSA) is 124 Å². The van der Waals surface area contributed by atoms with Crippen LogP contribution in [0, 0.1) is 0 Å². The lowest BCUT2D eigenvalue weighted by Gasteiger charge is -2.04. The van der Waals surface area contributed by atoms with E-state index < -0.39 is 39.0 Å². The molecule has 0 saturated carbocycles. The fraction of sp³-hybridized carbons (Fsp3) is 0.600. The highest BCUT2D eigenvalue weighted by Gasteiger charge is 2.24. The van der Waals surface area contributed by atoms with Crippen LogP contribution < -0.4 is 5.09 Å². The zero-order valence-corrected chi connectivity index (χ0v) is 7.40. The maximum absolute atomic E-state index is 10.2. The summed E-state index contributed by atoms with van der Waals surface area (Å²) in [5, 5.41) is 18.5. The molecule has 0 spiro atoms. The van der Waals surface area contributed by atoms with Crippen molar-refractivity contribution in [3.63, 3.8) is 0 Å². The van der Waals surface area contributed by atoms with Gasteiger partial charge in [0.05, 0.1) is 18.9 Å². The van der Waals surface area contributed by atoms with Crippen LogP contribution in [0.25, 0.3) is 0 Å². The smallest absolute Gasteiger partial charge is 0.481 e. The van der Waals surface area contributed by atoms with Crippen LogP contribution in [-0.4, -0.2) is 33.1 Å². The molecular formula is C5H9NO6P+. The van der Waals surface area contributed by atoms with Crippen LogP contribution in [0.4, 0.5) is 0 Å². The van der Waals surface area contributed by atoms with Crippen molar-refractivity contribution in [2.75, 3.05) is 0 Å². The minimum atomic E-state index is -2.73. The molecule has 0 rings (SSSR count). The molecule has 4 N–H and O–H groups in total. The van der Waals surface area contributed by atoms with Crippen LogP contribution in [0.3, 0.4) is 0 Å². The SMILES string of the molecule is O=C(O)CC(CC(=O)O)N[P+](=O)O. The third-order valence-electron chi connectivity index (χ3n) is 1.14. The minimum absolute atomic E-state index is 0.506. The predicted octanol–water partition coefficient (Wildman–Crippen LogP) is -0.456. The molecule has 0 aromatic heterocycles. The van der Waals surface area contributed by atoms with Gasteiger partial charge in [0.25, 0.3) is 0 Å². The van der Waals surface area contributed by atoms with E-state index in [0.717, 1.165) is 0 Å². The Morgan fingerprint density at radius 3 is 1.85 bits per heavy atom. The number of hydrogen-bond donors (Lipinski definition) is 4. The van der Waals surface area contributed by atoms with Gasteiger partial charge in [-0.15, -0.1) is 4.89 Å². The van der Waals surface area contributed by atoms with E-state index >= 15 is 0 Å². The molecule has 0 aliphatic carbocycles. The van der Waals surface area contributed by atoms with Gasteiger partial charge in [-0.3, -0.25) is 9.59 Å². The average molecular weight is 210 g/mol. The highest BCUT2D eigenvalue weighted by Crippen LogP contribution is 2.11. The summed E-state index contributed by atoms with van der Waals surface area (Å²) in [4.78, 5) is 28.7. The Hall–Kier alpha value is -1.04. The molecule has 0 radical (unpaired) electrons. The van der Waals surface area contributed by atoms with E-state index in [1.54, 1.807) is 0 Å². The second-order valence-corrected chi connectivity index (χ2v) is 3.10. The van der Waals surface area contributed by atoms with Crippen LogP contribution >= 0.6 is 8.18 Å². The fourth-order valence-electron chi connectivity index (χ4n) is 0.741. The van der Waals surface area contributed by atoms with Crippen molar-refractivity contribution in [3.8, 4) is 0 Å². The Balaban J connectivity index is 4.10. The summed E-state index contributed by atoms with van der Waals surface area (Å²) in [6, 6.07) is -1.02. The number of carbonyl (C=O) groups is 2. The molecule has 0 bridgehead atoms. The van der Waals surface area contributed by atoms with Gasteiger partial charge >= 0.3 is 20.1 Å². The van der Waals surface area contributed by atoms with Crippen molar-refractivity contribution in [2.24, 2.45) is 0 Å². The van der Waals surface area contributed by atoms with Gasteiger partial charge in [0.15, 0.2) is 0 Å². The van der Waals surface area contributed by atoms with E-state index in [2.05, 4.69) is 0 Å². The number of hydrogen-bond acceptors (Lipinski definition) is 3. The first kappa shape index (κ1) is 12.0. The molecule has 0 heterocycles. The molecule has 74 valence electrons. The van der Waals surface area contributed by atoms with Crippen molar-refractivity contribution >= 4 is 20.1 Å². The second kappa shape index (κ2) is 5.58. The first-order valence-electron chi connectivity index (χ1n) is 3.27. The van der Waals surface area contributed by atoms with E-state index in [1.165, 1.54) is 0 Å². The summed E-state index contributed by atoms with van der Waals surface area (Å²) in [6.45, 7) is 0. The maximum Gasteiger partial charge on any atom is 0.610 e. The second-order valence-electron chi connectivity index (χ2n) is 2.29. The fourth-order valence-corrected chi connectivity index (χ4v) is 1.24. The first-order chi connectivity index (χ1) is 5.91. The number of aliphatic carboxylic acids is 2. The lowest BCUT2D eigenvalue weighted by molar-refractivity contribution is -0.139. The predicted molar refractivity (Wildman–Crippen MR) is 41.3 cm³/mol. The molecule has 1 unspecified atom stereocenters. The van der Waals surface area contributed by atoms with Crippen LogP contribution in [0.1, 0.15) is 12.8 Å². The Bertz CT molecular complexity index is 191. The molecule has 1 atom stereocenters. The largest absolute Gasteiger partial charge is 0.610 e. The van der Waals surface area contributed by atoms with Gasteiger partial charge in [0.1, 0.15) is 0 Å². The lowest BCUT2D eigenvalue weighted by Crippen LogP contribution is -2.28. The summed E-state index contributed by atoms with van der Waals surface area (Å²) in [5.74, 6) is -2.45. The Morgan fingerprint density at radius 2 is 1.62 bits per heavy atom. The van der Waals surface area contributed by atoms with Gasteiger partial charge in [0.2, 0.25) is 0 Å². The van der Waals surface area contributed by atoms with Crippen molar-refractivity contribution < 1.29 is 29.3 Å². The lowest BCUT2D eigenvalue weighted by atomic mass is 10.1. The first-order valence-corrected chi connectivity index (χ1v) is 4.49. The molecule has 7 nitrogen and oxygen atoms in total. The molecule has 0 fully saturated rings. The molecule has 0 aromatic carbocycles. The van der Waals surface area contributed by atoms with E-state index in [-0.39, 0.29) is 0 Å². The van der Waals surface area contributed by atoms with Crippen molar-refractivity contribution in [2.45, 2.75) is 18.9 Å². The number of rotatable bonds is 6. The van der Waals surface area contributed by atoms with Crippen LogP contribution in [-0.2, 0) is 14.2 Å². The van der Waals surface area contributed by atoms with Gasteiger partial charge in [-0.1, -0.05) is 5.09 Å². The third kappa shape index (κ3) is 7.32. The highest BCUT2D eigenvalue weighted by atomic mass is 31.1. The van der Waals surface area contributed by atoms with Crippen molar-refractivity contribution in [1.82, 2.24) is 5.09 Å². The van der Waals surface area contributed by atoms with E-state index in [0.29, 0.717) is 0 Å². The molecule has 13 heavy (non-hydrogen) atoms. The summed E-state index contributed by atoms with van der Waals surface area (Å²) in [6.07, 6.45) is -1.01. The van der Waals surface area contributed by atoms with Gasteiger partial charge in [-0.05, 0) is 4.57 Å².